The van der Waals surface area contributed by atoms with E-state index in [2.05, 4.69) is 5.32 Å². The maximum absolute atomic E-state index is 11.8. The van der Waals surface area contributed by atoms with E-state index in [-0.39, 0.29) is 26.2 Å². The lowest BCUT2D eigenvalue weighted by Gasteiger charge is -2.24. The first-order valence-electron chi connectivity index (χ1n) is 7.48. The molecule has 0 aliphatic carbocycles. The van der Waals surface area contributed by atoms with Gasteiger partial charge in [0.05, 0.1) is 13.1 Å². The van der Waals surface area contributed by atoms with E-state index in [4.69, 9.17) is 15.2 Å². The van der Waals surface area contributed by atoms with Crippen LogP contribution in [-0.2, 0) is 19.1 Å². The molecule has 8 heteroatoms. The summed E-state index contributed by atoms with van der Waals surface area (Å²) in [5, 5.41) is 2.56. The summed E-state index contributed by atoms with van der Waals surface area (Å²) in [6.07, 6.45) is -0.561. The molecule has 134 valence electrons. The van der Waals surface area contributed by atoms with Crippen molar-refractivity contribution in [3.8, 4) is 0 Å². The number of hydrogen-bond donors (Lipinski definition) is 2. The van der Waals surface area contributed by atoms with E-state index in [1.54, 1.807) is 41.5 Å². The van der Waals surface area contributed by atoms with E-state index >= 15 is 0 Å². The predicted octanol–water partition coefficient (Wildman–Crippen LogP) is 0.640. The number of alkyl carbamates (subject to hydrolysis) is 1. The summed E-state index contributed by atoms with van der Waals surface area (Å²) < 4.78 is 10.3. The molecular formula is C15H29N3O5. The minimum absolute atomic E-state index is 0.0871. The maximum atomic E-state index is 11.8. The molecule has 23 heavy (non-hydrogen) atoms. The molecule has 3 N–H and O–H groups in total. The monoisotopic (exact) mass is 331 g/mol. The van der Waals surface area contributed by atoms with Crippen molar-refractivity contribution < 1.29 is 23.9 Å². The molecule has 2 amide bonds. The van der Waals surface area contributed by atoms with Crippen molar-refractivity contribution in [3.05, 3.63) is 0 Å². The molecule has 0 saturated carbocycles. The van der Waals surface area contributed by atoms with Crippen LogP contribution in [0, 0.1) is 0 Å². The SMILES string of the molecule is CC(C)(C)OC(=O)CN(CCNC(=O)OC(C)(C)C)CC(N)=O. The molecule has 0 aromatic rings. The first-order chi connectivity index (χ1) is 10.3. The normalized spacial score (nSPS) is 12.0. The van der Waals surface area contributed by atoms with Crippen LogP contribution >= 0.6 is 0 Å². The van der Waals surface area contributed by atoms with Crippen molar-refractivity contribution in [1.29, 1.82) is 0 Å². The smallest absolute Gasteiger partial charge is 0.407 e. The van der Waals surface area contributed by atoms with Gasteiger partial charge in [0.2, 0.25) is 5.91 Å². The Morgan fingerprint density at radius 3 is 1.91 bits per heavy atom. The average molecular weight is 331 g/mol. The summed E-state index contributed by atoms with van der Waals surface area (Å²) in [5.41, 5.74) is 3.97. The van der Waals surface area contributed by atoms with Gasteiger partial charge in [0.15, 0.2) is 0 Å². The lowest BCUT2D eigenvalue weighted by molar-refractivity contribution is -0.156. The summed E-state index contributed by atoms with van der Waals surface area (Å²) >= 11 is 0. The average Bonchev–Trinajstić information content (AvgIpc) is 2.21. The molecule has 0 atom stereocenters. The number of nitrogens with one attached hydrogen (secondary N) is 1. The summed E-state index contributed by atoms with van der Waals surface area (Å²) in [6, 6.07) is 0. The number of nitrogens with zero attached hydrogens (tertiary/aromatic N) is 1. The minimum Gasteiger partial charge on any atom is -0.459 e. The summed E-state index contributed by atoms with van der Waals surface area (Å²) in [7, 11) is 0. The molecule has 0 aliphatic heterocycles. The van der Waals surface area contributed by atoms with Crippen molar-refractivity contribution in [2.75, 3.05) is 26.2 Å². The van der Waals surface area contributed by atoms with Crippen molar-refractivity contribution in [1.82, 2.24) is 10.2 Å². The molecule has 0 bridgehead atoms. The van der Waals surface area contributed by atoms with Crippen molar-refractivity contribution in [2.24, 2.45) is 5.73 Å². The molecule has 0 fully saturated rings. The number of primary amides is 1. The van der Waals surface area contributed by atoms with Crippen LogP contribution in [0.5, 0.6) is 0 Å². The van der Waals surface area contributed by atoms with Gasteiger partial charge in [0.1, 0.15) is 11.2 Å². The molecule has 0 aliphatic rings. The van der Waals surface area contributed by atoms with Crippen LogP contribution in [0.3, 0.4) is 0 Å². The number of amides is 2. The van der Waals surface area contributed by atoms with Crippen LogP contribution in [0.4, 0.5) is 4.79 Å². The number of esters is 1. The molecule has 0 aromatic carbocycles. The van der Waals surface area contributed by atoms with Gasteiger partial charge in [0, 0.05) is 13.1 Å². The molecule has 0 saturated heterocycles. The van der Waals surface area contributed by atoms with E-state index in [1.165, 1.54) is 4.90 Å². The fourth-order valence-electron chi connectivity index (χ4n) is 1.62. The lowest BCUT2D eigenvalue weighted by Crippen LogP contribution is -2.44. The van der Waals surface area contributed by atoms with Crippen LogP contribution in [-0.4, -0.2) is 60.3 Å². The van der Waals surface area contributed by atoms with Gasteiger partial charge >= 0.3 is 12.1 Å². The summed E-state index contributed by atoms with van der Waals surface area (Å²) in [4.78, 5) is 35.9. The largest absolute Gasteiger partial charge is 0.459 e. The van der Waals surface area contributed by atoms with Gasteiger partial charge in [-0.1, -0.05) is 0 Å². The Hall–Kier alpha value is -1.83. The zero-order valence-electron chi connectivity index (χ0n) is 14.9. The Kier molecular flexibility index (Phi) is 8.02. The van der Waals surface area contributed by atoms with Crippen LogP contribution in [0.25, 0.3) is 0 Å². The molecule has 0 radical (unpaired) electrons. The van der Waals surface area contributed by atoms with E-state index in [0.29, 0.717) is 0 Å². The Morgan fingerprint density at radius 1 is 0.957 bits per heavy atom. The zero-order valence-corrected chi connectivity index (χ0v) is 14.9. The third kappa shape index (κ3) is 13.5. The van der Waals surface area contributed by atoms with Gasteiger partial charge in [-0.25, -0.2) is 4.79 Å². The van der Waals surface area contributed by atoms with E-state index in [9.17, 15) is 14.4 Å². The molecule has 0 spiro atoms. The second-order valence-electron chi connectivity index (χ2n) is 7.19. The van der Waals surface area contributed by atoms with Gasteiger partial charge in [-0.2, -0.15) is 0 Å². The predicted molar refractivity (Wildman–Crippen MR) is 85.7 cm³/mol. The molecular weight excluding hydrogens is 302 g/mol. The molecule has 0 heterocycles. The fourth-order valence-corrected chi connectivity index (χ4v) is 1.62. The van der Waals surface area contributed by atoms with Gasteiger partial charge < -0.3 is 20.5 Å². The number of carbonyl (C=O) groups excluding carboxylic acids is 3. The van der Waals surface area contributed by atoms with Crippen molar-refractivity contribution in [3.63, 3.8) is 0 Å². The number of rotatable bonds is 7. The zero-order chi connectivity index (χ0) is 18.3. The number of nitrogens with two attached hydrogens (primary N) is 1. The highest BCUT2D eigenvalue weighted by molar-refractivity contribution is 5.77. The van der Waals surface area contributed by atoms with Crippen LogP contribution < -0.4 is 11.1 Å². The van der Waals surface area contributed by atoms with Crippen molar-refractivity contribution in [2.45, 2.75) is 52.7 Å². The van der Waals surface area contributed by atoms with E-state index in [1.807, 2.05) is 0 Å². The van der Waals surface area contributed by atoms with Crippen LogP contribution in [0.2, 0.25) is 0 Å². The number of hydrogen-bond acceptors (Lipinski definition) is 6. The fraction of sp³-hybridized carbons (Fsp3) is 0.800. The third-order valence-corrected chi connectivity index (χ3v) is 2.25. The highest BCUT2D eigenvalue weighted by Crippen LogP contribution is 2.08. The molecule has 0 aromatic heterocycles. The molecule has 0 rings (SSSR count). The number of ether oxygens (including phenoxy) is 2. The second kappa shape index (κ2) is 8.71. The van der Waals surface area contributed by atoms with Gasteiger partial charge in [-0.15, -0.1) is 0 Å². The third-order valence-electron chi connectivity index (χ3n) is 2.25. The Bertz CT molecular complexity index is 424. The van der Waals surface area contributed by atoms with Crippen LogP contribution in [0.1, 0.15) is 41.5 Å². The maximum Gasteiger partial charge on any atom is 0.407 e. The standard InChI is InChI=1S/C15H29N3O5/c1-14(2,3)22-12(20)10-18(9-11(16)19)8-7-17-13(21)23-15(4,5)6/h7-10H2,1-6H3,(H2,16,19)(H,17,21). The van der Waals surface area contributed by atoms with Gasteiger partial charge in [-0.05, 0) is 41.5 Å². The summed E-state index contributed by atoms with van der Waals surface area (Å²) in [6.45, 7) is 10.8. The van der Waals surface area contributed by atoms with Gasteiger partial charge in [-0.3, -0.25) is 14.5 Å². The Labute approximate surface area is 137 Å². The first-order valence-corrected chi connectivity index (χ1v) is 7.48. The Balaban J connectivity index is 4.38. The highest BCUT2D eigenvalue weighted by Gasteiger charge is 2.20. The summed E-state index contributed by atoms with van der Waals surface area (Å²) in [5.74, 6) is -1.03. The molecule has 0 unspecified atom stereocenters. The van der Waals surface area contributed by atoms with E-state index in [0.717, 1.165) is 0 Å². The second-order valence-corrected chi connectivity index (χ2v) is 7.19. The quantitative estimate of drug-likeness (QED) is 0.662. The van der Waals surface area contributed by atoms with E-state index < -0.39 is 29.2 Å². The first kappa shape index (κ1) is 21.2. The van der Waals surface area contributed by atoms with Crippen LogP contribution in [0.15, 0.2) is 0 Å². The van der Waals surface area contributed by atoms with Gasteiger partial charge in [0.25, 0.3) is 0 Å². The topological polar surface area (TPSA) is 111 Å². The molecule has 8 nitrogen and oxygen atoms in total. The highest BCUT2D eigenvalue weighted by atomic mass is 16.6. The minimum atomic E-state index is -0.607. The van der Waals surface area contributed by atoms with Crippen molar-refractivity contribution >= 4 is 18.0 Å². The lowest BCUT2D eigenvalue weighted by atomic mass is 10.2. The Morgan fingerprint density at radius 2 is 1.48 bits per heavy atom. The number of carbonyl (C=O) groups is 3.